The second kappa shape index (κ2) is 10.2. The summed E-state index contributed by atoms with van der Waals surface area (Å²) in [6, 6.07) is 13.9. The summed E-state index contributed by atoms with van der Waals surface area (Å²) in [6.07, 6.45) is 1.80. The molecule has 24 heavy (non-hydrogen) atoms. The normalized spacial score (nSPS) is 10.5. The molecule has 0 radical (unpaired) electrons. The Balaban J connectivity index is 1.51. The molecule has 0 atom stereocenters. The van der Waals surface area contributed by atoms with E-state index in [-0.39, 0.29) is 23.2 Å². The van der Waals surface area contributed by atoms with Gasteiger partial charge in [-0.1, -0.05) is 0 Å². The molecule has 6 heteroatoms. The van der Waals surface area contributed by atoms with Crippen LogP contribution in [0.5, 0.6) is 11.5 Å². The van der Waals surface area contributed by atoms with Gasteiger partial charge >= 0.3 is 5.97 Å². The van der Waals surface area contributed by atoms with Crippen molar-refractivity contribution in [3.05, 3.63) is 48.5 Å². The van der Waals surface area contributed by atoms with E-state index in [1.54, 1.807) is 48.2 Å². The van der Waals surface area contributed by atoms with Gasteiger partial charge in [0.1, 0.15) is 11.5 Å². The summed E-state index contributed by atoms with van der Waals surface area (Å²) in [7, 11) is 0. The SMILES string of the molecule is O=C(CSc1ccc(O)cc1)OCCCCSc1ccc(O)cc1. The van der Waals surface area contributed by atoms with E-state index >= 15 is 0 Å². The first-order chi connectivity index (χ1) is 11.6. The number of hydrogen-bond donors (Lipinski definition) is 2. The van der Waals surface area contributed by atoms with Crippen molar-refractivity contribution in [1.29, 1.82) is 0 Å². The van der Waals surface area contributed by atoms with Crippen LogP contribution in [0.25, 0.3) is 0 Å². The number of hydrogen-bond acceptors (Lipinski definition) is 6. The molecule has 0 bridgehead atoms. The van der Waals surface area contributed by atoms with Crippen molar-refractivity contribution in [3.63, 3.8) is 0 Å². The molecule has 4 nitrogen and oxygen atoms in total. The van der Waals surface area contributed by atoms with Gasteiger partial charge in [0.15, 0.2) is 0 Å². The number of aromatic hydroxyl groups is 2. The molecule has 2 N–H and O–H groups in total. The molecule has 0 unspecified atom stereocenters. The van der Waals surface area contributed by atoms with Crippen LogP contribution in [-0.4, -0.2) is 34.3 Å². The third-order valence-electron chi connectivity index (χ3n) is 3.10. The summed E-state index contributed by atoms with van der Waals surface area (Å²) in [4.78, 5) is 13.7. The molecule has 0 aromatic heterocycles. The van der Waals surface area contributed by atoms with Gasteiger partial charge in [-0.25, -0.2) is 0 Å². The highest BCUT2D eigenvalue weighted by Gasteiger charge is 2.04. The molecule has 0 amide bonds. The molecule has 0 saturated heterocycles. The molecule has 0 aliphatic heterocycles. The van der Waals surface area contributed by atoms with E-state index in [1.807, 2.05) is 12.1 Å². The number of carbonyl (C=O) groups excluding carboxylic acids is 1. The number of phenols is 2. The minimum absolute atomic E-state index is 0.215. The van der Waals surface area contributed by atoms with Crippen molar-refractivity contribution < 1.29 is 19.7 Å². The fourth-order valence-electron chi connectivity index (χ4n) is 1.85. The zero-order valence-electron chi connectivity index (χ0n) is 13.2. The predicted molar refractivity (Wildman–Crippen MR) is 97.9 cm³/mol. The zero-order valence-corrected chi connectivity index (χ0v) is 14.8. The highest BCUT2D eigenvalue weighted by molar-refractivity contribution is 8.00. The molecule has 2 aromatic carbocycles. The predicted octanol–water partition coefficient (Wildman–Crippen LogP) is 4.31. The van der Waals surface area contributed by atoms with Crippen molar-refractivity contribution in [2.75, 3.05) is 18.1 Å². The molecule has 0 aliphatic rings. The molecule has 2 rings (SSSR count). The maximum absolute atomic E-state index is 11.6. The van der Waals surface area contributed by atoms with Crippen LogP contribution in [0.1, 0.15) is 12.8 Å². The number of benzene rings is 2. The lowest BCUT2D eigenvalue weighted by atomic mass is 10.3. The summed E-state index contributed by atoms with van der Waals surface area (Å²) in [5, 5.41) is 18.4. The maximum atomic E-state index is 11.6. The number of rotatable bonds is 9. The van der Waals surface area contributed by atoms with Crippen molar-refractivity contribution in [2.45, 2.75) is 22.6 Å². The number of phenolic OH excluding ortho intramolecular Hbond substituents is 2. The van der Waals surface area contributed by atoms with E-state index in [4.69, 9.17) is 4.74 Å². The van der Waals surface area contributed by atoms with Crippen molar-refractivity contribution in [2.24, 2.45) is 0 Å². The Morgan fingerprint density at radius 1 is 0.833 bits per heavy atom. The Morgan fingerprint density at radius 3 is 1.96 bits per heavy atom. The van der Waals surface area contributed by atoms with Crippen LogP contribution in [0.2, 0.25) is 0 Å². The molecular formula is C18H20O4S2. The zero-order chi connectivity index (χ0) is 17.2. The Bertz CT molecular complexity index is 626. The van der Waals surface area contributed by atoms with Crippen molar-refractivity contribution in [1.82, 2.24) is 0 Å². The quantitative estimate of drug-likeness (QED) is 0.393. The third-order valence-corrected chi connectivity index (χ3v) is 5.18. The van der Waals surface area contributed by atoms with Gasteiger partial charge in [0.05, 0.1) is 12.4 Å². The molecule has 0 spiro atoms. The number of thioether (sulfide) groups is 2. The van der Waals surface area contributed by atoms with Gasteiger partial charge in [0.2, 0.25) is 0 Å². The maximum Gasteiger partial charge on any atom is 0.316 e. The van der Waals surface area contributed by atoms with Gasteiger partial charge in [-0.3, -0.25) is 4.79 Å². The second-order valence-corrected chi connectivity index (χ2v) is 7.27. The first-order valence-corrected chi connectivity index (χ1v) is 9.60. The van der Waals surface area contributed by atoms with E-state index in [2.05, 4.69) is 0 Å². The molecule has 2 aromatic rings. The first kappa shape index (κ1) is 18.5. The van der Waals surface area contributed by atoms with E-state index in [1.165, 1.54) is 11.8 Å². The lowest BCUT2D eigenvalue weighted by Gasteiger charge is -2.05. The molecule has 128 valence electrons. The number of esters is 1. The van der Waals surface area contributed by atoms with Gasteiger partial charge in [0.25, 0.3) is 0 Å². The van der Waals surface area contributed by atoms with E-state index in [0.29, 0.717) is 6.61 Å². The van der Waals surface area contributed by atoms with Crippen LogP contribution >= 0.6 is 23.5 Å². The number of carbonyl (C=O) groups is 1. The largest absolute Gasteiger partial charge is 0.508 e. The van der Waals surface area contributed by atoms with Crippen LogP contribution in [-0.2, 0) is 9.53 Å². The topological polar surface area (TPSA) is 66.8 Å². The van der Waals surface area contributed by atoms with Crippen LogP contribution in [0.3, 0.4) is 0 Å². The fourth-order valence-corrected chi connectivity index (χ4v) is 3.46. The van der Waals surface area contributed by atoms with Gasteiger partial charge < -0.3 is 14.9 Å². The minimum Gasteiger partial charge on any atom is -0.508 e. The van der Waals surface area contributed by atoms with Crippen LogP contribution in [0.4, 0.5) is 0 Å². The third kappa shape index (κ3) is 7.19. The second-order valence-electron chi connectivity index (χ2n) is 5.05. The van der Waals surface area contributed by atoms with Gasteiger partial charge in [-0.2, -0.15) is 0 Å². The Labute approximate surface area is 150 Å². The van der Waals surface area contributed by atoms with E-state index < -0.39 is 0 Å². The van der Waals surface area contributed by atoms with Crippen LogP contribution in [0.15, 0.2) is 58.3 Å². The van der Waals surface area contributed by atoms with Gasteiger partial charge in [0, 0.05) is 9.79 Å². The van der Waals surface area contributed by atoms with E-state index in [0.717, 1.165) is 28.4 Å². The summed E-state index contributed by atoms with van der Waals surface area (Å²) < 4.78 is 5.20. The highest BCUT2D eigenvalue weighted by Crippen LogP contribution is 2.22. The van der Waals surface area contributed by atoms with Gasteiger partial charge in [-0.15, -0.1) is 23.5 Å². The fraction of sp³-hybridized carbons (Fsp3) is 0.278. The standard InChI is InChI=1S/C18H20O4S2/c19-14-3-7-16(8-4-14)23-12-2-1-11-22-18(21)13-24-17-9-5-15(20)6-10-17/h3-10,19-20H,1-2,11-13H2. The summed E-state index contributed by atoms with van der Waals surface area (Å²) >= 11 is 3.11. The van der Waals surface area contributed by atoms with Crippen molar-refractivity contribution in [3.8, 4) is 11.5 Å². The number of ether oxygens (including phenoxy) is 1. The van der Waals surface area contributed by atoms with Gasteiger partial charge in [-0.05, 0) is 67.1 Å². The van der Waals surface area contributed by atoms with Crippen molar-refractivity contribution >= 4 is 29.5 Å². The smallest absolute Gasteiger partial charge is 0.316 e. The lowest BCUT2D eigenvalue weighted by Crippen LogP contribution is -2.08. The van der Waals surface area contributed by atoms with E-state index in [9.17, 15) is 15.0 Å². The average molecular weight is 364 g/mol. The lowest BCUT2D eigenvalue weighted by molar-refractivity contribution is -0.140. The summed E-state index contributed by atoms with van der Waals surface area (Å²) in [6.45, 7) is 0.436. The molecular weight excluding hydrogens is 344 g/mol. The first-order valence-electron chi connectivity index (χ1n) is 7.63. The molecule has 0 aliphatic carbocycles. The van der Waals surface area contributed by atoms with Crippen LogP contribution < -0.4 is 0 Å². The molecule has 0 saturated carbocycles. The Morgan fingerprint density at radius 2 is 1.38 bits per heavy atom. The molecule has 0 fully saturated rings. The monoisotopic (exact) mass is 364 g/mol. The average Bonchev–Trinajstić information content (AvgIpc) is 2.59. The summed E-state index contributed by atoms with van der Waals surface area (Å²) in [5.41, 5.74) is 0. The number of unbranched alkanes of at least 4 members (excludes halogenated alkanes) is 1. The minimum atomic E-state index is -0.223. The highest BCUT2D eigenvalue weighted by atomic mass is 32.2. The molecule has 0 heterocycles. The Kier molecular flexibility index (Phi) is 7.85. The summed E-state index contributed by atoms with van der Waals surface area (Å²) in [5.74, 6) is 1.49. The van der Waals surface area contributed by atoms with Crippen LogP contribution in [0, 0.1) is 0 Å². The Hall–Kier alpha value is -1.79.